The smallest absolute Gasteiger partial charge is 0.304 e. The molecule has 3 rings (SSSR count). The summed E-state index contributed by atoms with van der Waals surface area (Å²) < 4.78 is 0. The highest BCUT2D eigenvalue weighted by molar-refractivity contribution is 5.67. The molecule has 1 atom stereocenters. The van der Waals surface area contributed by atoms with Crippen molar-refractivity contribution >= 4 is 5.97 Å². The predicted octanol–water partition coefficient (Wildman–Crippen LogP) is 2.79. The highest BCUT2D eigenvalue weighted by atomic mass is 16.4. The lowest BCUT2D eigenvalue weighted by Crippen LogP contribution is -2.41. The van der Waals surface area contributed by atoms with E-state index in [4.69, 9.17) is 0 Å². The van der Waals surface area contributed by atoms with Crippen molar-refractivity contribution in [2.24, 2.45) is 0 Å². The number of pyridine rings is 1. The Morgan fingerprint density at radius 1 is 1.32 bits per heavy atom. The van der Waals surface area contributed by atoms with Crippen LogP contribution in [-0.4, -0.2) is 27.0 Å². The fourth-order valence-corrected chi connectivity index (χ4v) is 3.17. The lowest BCUT2D eigenvalue weighted by molar-refractivity contribution is -0.138. The van der Waals surface area contributed by atoms with Crippen LogP contribution in [0.5, 0.6) is 0 Å². The van der Waals surface area contributed by atoms with E-state index in [1.165, 1.54) is 16.7 Å². The summed E-state index contributed by atoms with van der Waals surface area (Å²) in [7, 11) is 0. The number of hydrogen-bond acceptors (Lipinski definition) is 3. The zero-order valence-electron chi connectivity index (χ0n) is 12.7. The molecule has 114 valence electrons. The van der Waals surface area contributed by atoms with E-state index in [-0.39, 0.29) is 12.5 Å². The fourth-order valence-electron chi connectivity index (χ4n) is 3.17. The molecule has 0 unspecified atom stereocenters. The Labute approximate surface area is 130 Å². The molecule has 1 N–H and O–H groups in total. The van der Waals surface area contributed by atoms with Gasteiger partial charge in [0.15, 0.2) is 0 Å². The molecule has 0 spiro atoms. The number of carboxylic acids is 1. The summed E-state index contributed by atoms with van der Waals surface area (Å²) in [4.78, 5) is 17.7. The number of aromatic nitrogens is 1. The third kappa shape index (κ3) is 3.34. The molecular formula is C18H20N2O2. The van der Waals surface area contributed by atoms with Crippen LogP contribution in [0.15, 0.2) is 42.6 Å². The molecule has 0 amide bonds. The molecular weight excluding hydrogens is 276 g/mol. The first kappa shape index (κ1) is 14.7. The number of carbonyl (C=O) groups is 1. The van der Waals surface area contributed by atoms with Crippen LogP contribution >= 0.6 is 0 Å². The number of nitrogens with zero attached hydrogens (tertiary/aromatic N) is 2. The molecule has 0 fully saturated rings. The summed E-state index contributed by atoms with van der Waals surface area (Å²) in [5, 5.41) is 9.21. The van der Waals surface area contributed by atoms with E-state index in [2.05, 4.69) is 28.1 Å². The molecule has 4 nitrogen and oxygen atoms in total. The summed E-state index contributed by atoms with van der Waals surface area (Å²) in [6, 6.07) is 12.4. The monoisotopic (exact) mass is 296 g/mol. The minimum Gasteiger partial charge on any atom is -0.481 e. The molecule has 0 aliphatic carbocycles. The van der Waals surface area contributed by atoms with Crippen LogP contribution < -0.4 is 0 Å². The molecule has 1 aliphatic heterocycles. The van der Waals surface area contributed by atoms with E-state index >= 15 is 0 Å². The zero-order chi connectivity index (χ0) is 15.5. The Balaban J connectivity index is 1.84. The minimum atomic E-state index is -0.736. The third-order valence-electron chi connectivity index (χ3n) is 4.22. The van der Waals surface area contributed by atoms with Crippen LogP contribution in [0.4, 0.5) is 0 Å². The van der Waals surface area contributed by atoms with E-state index in [0.717, 1.165) is 25.2 Å². The van der Waals surface area contributed by atoms with Gasteiger partial charge in [-0.2, -0.15) is 0 Å². The Kier molecular flexibility index (Phi) is 4.20. The topological polar surface area (TPSA) is 53.4 Å². The van der Waals surface area contributed by atoms with E-state index < -0.39 is 5.97 Å². The lowest BCUT2D eigenvalue weighted by atomic mass is 9.92. The molecule has 2 aromatic rings. The van der Waals surface area contributed by atoms with E-state index in [1.807, 2.05) is 31.3 Å². The van der Waals surface area contributed by atoms with Gasteiger partial charge in [-0.05, 0) is 42.2 Å². The number of rotatable bonds is 4. The lowest BCUT2D eigenvalue weighted by Gasteiger charge is -2.36. The first-order valence-electron chi connectivity index (χ1n) is 7.56. The maximum Gasteiger partial charge on any atom is 0.304 e. The summed E-state index contributed by atoms with van der Waals surface area (Å²) >= 11 is 0. The van der Waals surface area contributed by atoms with Crippen LogP contribution in [0.1, 0.15) is 28.8 Å². The first-order chi connectivity index (χ1) is 10.6. The molecule has 0 bridgehead atoms. The summed E-state index contributed by atoms with van der Waals surface area (Å²) in [6.07, 6.45) is 2.79. The second-order valence-electron chi connectivity index (χ2n) is 5.93. The maximum atomic E-state index is 11.2. The summed E-state index contributed by atoms with van der Waals surface area (Å²) in [5.74, 6) is -0.736. The quantitative estimate of drug-likeness (QED) is 0.942. The average Bonchev–Trinajstić information content (AvgIpc) is 2.47. The van der Waals surface area contributed by atoms with Crippen molar-refractivity contribution in [3.63, 3.8) is 0 Å². The van der Waals surface area contributed by atoms with Crippen molar-refractivity contribution in [3.05, 3.63) is 65.0 Å². The molecule has 2 heterocycles. The van der Waals surface area contributed by atoms with Crippen LogP contribution in [0.25, 0.3) is 0 Å². The average molecular weight is 296 g/mol. The molecule has 0 radical (unpaired) electrons. The standard InChI is InChI=1S/C18H20N2O2/c1-13-8-14(6-7-19-13)11-20-12-16-5-3-2-4-15(16)9-17(20)10-18(21)22/h2-8,17H,9-12H2,1H3,(H,21,22)/t17-/m0/s1. The summed E-state index contributed by atoms with van der Waals surface area (Å²) in [5.41, 5.74) is 4.75. The van der Waals surface area contributed by atoms with Crippen molar-refractivity contribution in [1.29, 1.82) is 0 Å². The van der Waals surface area contributed by atoms with Crippen molar-refractivity contribution in [1.82, 2.24) is 9.88 Å². The number of carboxylic acid groups (broad SMARTS) is 1. The Hall–Kier alpha value is -2.20. The van der Waals surface area contributed by atoms with Crippen molar-refractivity contribution in [2.45, 2.75) is 38.9 Å². The van der Waals surface area contributed by atoms with Crippen molar-refractivity contribution in [3.8, 4) is 0 Å². The van der Waals surface area contributed by atoms with Crippen molar-refractivity contribution in [2.75, 3.05) is 0 Å². The third-order valence-corrected chi connectivity index (χ3v) is 4.22. The van der Waals surface area contributed by atoms with E-state index in [9.17, 15) is 9.90 Å². The Morgan fingerprint density at radius 3 is 2.82 bits per heavy atom. The number of aryl methyl sites for hydroxylation is 1. The number of aliphatic carboxylic acids is 1. The number of fused-ring (bicyclic) bond motifs is 1. The van der Waals surface area contributed by atoms with E-state index in [1.54, 1.807) is 0 Å². The van der Waals surface area contributed by atoms with Gasteiger partial charge < -0.3 is 5.11 Å². The van der Waals surface area contributed by atoms with Gasteiger partial charge in [-0.25, -0.2) is 0 Å². The van der Waals surface area contributed by atoms with Gasteiger partial charge in [0.25, 0.3) is 0 Å². The minimum absolute atomic E-state index is 0.0425. The summed E-state index contributed by atoms with van der Waals surface area (Å²) in [6.45, 7) is 3.54. The van der Waals surface area contributed by atoms with Crippen LogP contribution in [0.3, 0.4) is 0 Å². The molecule has 0 saturated carbocycles. The fraction of sp³-hybridized carbons (Fsp3) is 0.333. The molecule has 1 aromatic carbocycles. The Bertz CT molecular complexity index is 684. The molecule has 0 saturated heterocycles. The maximum absolute atomic E-state index is 11.2. The van der Waals surface area contributed by atoms with Gasteiger partial charge in [0.05, 0.1) is 6.42 Å². The second-order valence-corrected chi connectivity index (χ2v) is 5.93. The van der Waals surface area contributed by atoms with Gasteiger partial charge in [0.2, 0.25) is 0 Å². The van der Waals surface area contributed by atoms with Gasteiger partial charge in [-0.3, -0.25) is 14.7 Å². The van der Waals surface area contributed by atoms with Gasteiger partial charge >= 0.3 is 5.97 Å². The van der Waals surface area contributed by atoms with Crippen molar-refractivity contribution < 1.29 is 9.90 Å². The van der Waals surface area contributed by atoms with E-state index in [0.29, 0.717) is 0 Å². The van der Waals surface area contributed by atoms with Crippen LogP contribution in [0.2, 0.25) is 0 Å². The first-order valence-corrected chi connectivity index (χ1v) is 7.56. The predicted molar refractivity (Wildman–Crippen MR) is 84.4 cm³/mol. The van der Waals surface area contributed by atoms with Gasteiger partial charge in [-0.1, -0.05) is 24.3 Å². The number of hydrogen-bond donors (Lipinski definition) is 1. The van der Waals surface area contributed by atoms with Gasteiger partial charge in [0.1, 0.15) is 0 Å². The largest absolute Gasteiger partial charge is 0.481 e. The SMILES string of the molecule is Cc1cc(CN2Cc3ccccc3C[C@H]2CC(=O)O)ccn1. The highest BCUT2D eigenvalue weighted by Gasteiger charge is 2.27. The molecule has 22 heavy (non-hydrogen) atoms. The highest BCUT2D eigenvalue weighted by Crippen LogP contribution is 2.26. The number of benzene rings is 1. The van der Waals surface area contributed by atoms with Crippen LogP contribution in [-0.2, 0) is 24.3 Å². The Morgan fingerprint density at radius 2 is 2.09 bits per heavy atom. The van der Waals surface area contributed by atoms with Gasteiger partial charge in [0, 0.05) is 31.0 Å². The molecule has 1 aromatic heterocycles. The normalized spacial score (nSPS) is 18.0. The van der Waals surface area contributed by atoms with Crippen LogP contribution in [0, 0.1) is 6.92 Å². The zero-order valence-corrected chi connectivity index (χ0v) is 12.7. The van der Waals surface area contributed by atoms with Gasteiger partial charge in [-0.15, -0.1) is 0 Å². The molecule has 4 heteroatoms. The molecule has 1 aliphatic rings. The second kappa shape index (κ2) is 6.28.